The lowest BCUT2D eigenvalue weighted by molar-refractivity contribution is 0.767. The van der Waals surface area contributed by atoms with Crippen LogP contribution in [-0.4, -0.2) is 9.78 Å². The lowest BCUT2D eigenvalue weighted by Gasteiger charge is -2.08. The number of aromatic nitrogens is 2. The van der Waals surface area contributed by atoms with Crippen molar-refractivity contribution in [2.45, 2.75) is 13.5 Å². The SMILES string of the molecule is Cc1ccc(N)c(NCc2cnn(C)c2)c1. The van der Waals surface area contributed by atoms with Gasteiger partial charge in [-0.25, -0.2) is 0 Å². The molecule has 2 rings (SSSR count). The molecular weight excluding hydrogens is 200 g/mol. The van der Waals surface area contributed by atoms with E-state index in [4.69, 9.17) is 5.73 Å². The highest BCUT2D eigenvalue weighted by Gasteiger charge is 2.00. The van der Waals surface area contributed by atoms with Gasteiger partial charge in [-0.15, -0.1) is 0 Å². The molecular formula is C12H16N4. The van der Waals surface area contributed by atoms with E-state index in [2.05, 4.69) is 17.3 Å². The molecule has 0 amide bonds. The molecule has 1 aromatic carbocycles. The van der Waals surface area contributed by atoms with Crippen LogP contribution in [0.4, 0.5) is 11.4 Å². The molecule has 3 N–H and O–H groups in total. The van der Waals surface area contributed by atoms with Crippen molar-refractivity contribution in [3.05, 3.63) is 41.7 Å². The predicted octanol–water partition coefficient (Wildman–Crippen LogP) is 1.92. The number of nitrogens with one attached hydrogen (secondary N) is 1. The first-order chi connectivity index (χ1) is 7.65. The minimum atomic E-state index is 0.738. The summed E-state index contributed by atoms with van der Waals surface area (Å²) in [4.78, 5) is 0. The van der Waals surface area contributed by atoms with Crippen molar-refractivity contribution in [1.82, 2.24) is 9.78 Å². The number of nitrogens with two attached hydrogens (primary N) is 1. The van der Waals surface area contributed by atoms with E-state index in [1.807, 2.05) is 37.6 Å². The van der Waals surface area contributed by atoms with E-state index < -0.39 is 0 Å². The number of anilines is 2. The Labute approximate surface area is 95.1 Å². The summed E-state index contributed by atoms with van der Waals surface area (Å²) in [5.41, 5.74) is 9.96. The van der Waals surface area contributed by atoms with Crippen molar-refractivity contribution in [1.29, 1.82) is 0 Å². The molecule has 0 spiro atoms. The smallest absolute Gasteiger partial charge is 0.0579 e. The fourth-order valence-electron chi connectivity index (χ4n) is 1.58. The average Bonchev–Trinajstić information content (AvgIpc) is 2.66. The maximum atomic E-state index is 5.88. The Bertz CT molecular complexity index is 488. The molecule has 0 unspecified atom stereocenters. The summed E-state index contributed by atoms with van der Waals surface area (Å²) in [6.45, 7) is 2.79. The largest absolute Gasteiger partial charge is 0.397 e. The van der Waals surface area contributed by atoms with Crippen LogP contribution in [0.5, 0.6) is 0 Å². The number of nitrogen functional groups attached to an aromatic ring is 1. The molecule has 0 aliphatic heterocycles. The van der Waals surface area contributed by atoms with Crippen molar-refractivity contribution in [3.63, 3.8) is 0 Å². The lowest BCUT2D eigenvalue weighted by Crippen LogP contribution is -2.02. The van der Waals surface area contributed by atoms with E-state index in [1.54, 1.807) is 4.68 Å². The van der Waals surface area contributed by atoms with Gasteiger partial charge in [-0.1, -0.05) is 6.07 Å². The first kappa shape index (κ1) is 10.5. The standard InChI is InChI=1S/C12H16N4/c1-9-3-4-11(13)12(5-9)14-6-10-7-15-16(2)8-10/h3-5,7-8,14H,6,13H2,1-2H3. The van der Waals surface area contributed by atoms with Crippen LogP contribution in [0.25, 0.3) is 0 Å². The summed E-state index contributed by atoms with van der Waals surface area (Å²) in [5.74, 6) is 0. The maximum absolute atomic E-state index is 5.88. The van der Waals surface area contributed by atoms with Gasteiger partial charge in [0.2, 0.25) is 0 Å². The Kier molecular flexibility index (Phi) is 2.81. The molecule has 0 aliphatic carbocycles. The van der Waals surface area contributed by atoms with Crippen molar-refractivity contribution >= 4 is 11.4 Å². The summed E-state index contributed by atoms with van der Waals surface area (Å²) in [6.07, 6.45) is 3.83. The monoisotopic (exact) mass is 216 g/mol. The third-order valence-electron chi connectivity index (χ3n) is 2.45. The molecule has 0 aliphatic rings. The van der Waals surface area contributed by atoms with Gasteiger partial charge in [0, 0.05) is 25.4 Å². The Morgan fingerprint density at radius 1 is 1.44 bits per heavy atom. The minimum Gasteiger partial charge on any atom is -0.397 e. The number of nitrogens with zero attached hydrogens (tertiary/aromatic N) is 2. The van der Waals surface area contributed by atoms with Crippen LogP contribution >= 0.6 is 0 Å². The van der Waals surface area contributed by atoms with E-state index in [0.717, 1.165) is 23.5 Å². The van der Waals surface area contributed by atoms with Gasteiger partial charge in [0.25, 0.3) is 0 Å². The summed E-state index contributed by atoms with van der Waals surface area (Å²) in [5, 5.41) is 7.42. The molecule has 0 bridgehead atoms. The fraction of sp³-hybridized carbons (Fsp3) is 0.250. The molecule has 84 valence electrons. The number of benzene rings is 1. The molecule has 0 saturated heterocycles. The van der Waals surface area contributed by atoms with Gasteiger partial charge in [0.15, 0.2) is 0 Å². The van der Waals surface area contributed by atoms with Crippen molar-refractivity contribution in [3.8, 4) is 0 Å². The molecule has 2 aromatic rings. The van der Waals surface area contributed by atoms with Gasteiger partial charge < -0.3 is 11.1 Å². The molecule has 1 aromatic heterocycles. The van der Waals surface area contributed by atoms with Crippen LogP contribution in [0, 0.1) is 6.92 Å². The number of hydrogen-bond acceptors (Lipinski definition) is 3. The highest BCUT2D eigenvalue weighted by Crippen LogP contribution is 2.20. The molecule has 0 fully saturated rings. The molecule has 16 heavy (non-hydrogen) atoms. The lowest BCUT2D eigenvalue weighted by atomic mass is 10.2. The van der Waals surface area contributed by atoms with Crippen LogP contribution in [0.1, 0.15) is 11.1 Å². The van der Waals surface area contributed by atoms with E-state index in [0.29, 0.717) is 0 Å². The first-order valence-corrected chi connectivity index (χ1v) is 5.22. The van der Waals surface area contributed by atoms with Crippen LogP contribution in [-0.2, 0) is 13.6 Å². The van der Waals surface area contributed by atoms with Crippen molar-refractivity contribution in [2.75, 3.05) is 11.1 Å². The first-order valence-electron chi connectivity index (χ1n) is 5.22. The number of hydrogen-bond donors (Lipinski definition) is 2. The molecule has 1 heterocycles. The highest BCUT2D eigenvalue weighted by atomic mass is 15.2. The molecule has 4 nitrogen and oxygen atoms in total. The van der Waals surface area contributed by atoms with Gasteiger partial charge in [0.1, 0.15) is 0 Å². The van der Waals surface area contributed by atoms with Crippen molar-refractivity contribution < 1.29 is 0 Å². The second kappa shape index (κ2) is 4.26. The van der Waals surface area contributed by atoms with Gasteiger partial charge in [-0.05, 0) is 24.6 Å². The second-order valence-electron chi connectivity index (χ2n) is 3.97. The predicted molar refractivity (Wildman–Crippen MR) is 66.1 cm³/mol. The van der Waals surface area contributed by atoms with Crippen LogP contribution in [0.2, 0.25) is 0 Å². The zero-order valence-corrected chi connectivity index (χ0v) is 9.57. The second-order valence-corrected chi connectivity index (χ2v) is 3.97. The van der Waals surface area contributed by atoms with E-state index in [-0.39, 0.29) is 0 Å². The number of rotatable bonds is 3. The normalized spacial score (nSPS) is 10.4. The maximum Gasteiger partial charge on any atom is 0.0579 e. The van der Waals surface area contributed by atoms with Crippen molar-refractivity contribution in [2.24, 2.45) is 7.05 Å². The number of aryl methyl sites for hydroxylation is 2. The summed E-state index contributed by atoms with van der Waals surface area (Å²) >= 11 is 0. The molecule has 4 heteroatoms. The Balaban J connectivity index is 2.07. The van der Waals surface area contributed by atoms with Gasteiger partial charge >= 0.3 is 0 Å². The Morgan fingerprint density at radius 2 is 2.25 bits per heavy atom. The average molecular weight is 216 g/mol. The van der Waals surface area contributed by atoms with Crippen LogP contribution in [0.3, 0.4) is 0 Å². The molecule has 0 atom stereocenters. The summed E-state index contributed by atoms with van der Waals surface area (Å²) in [7, 11) is 1.91. The fourth-order valence-corrected chi connectivity index (χ4v) is 1.58. The van der Waals surface area contributed by atoms with Crippen LogP contribution in [0.15, 0.2) is 30.6 Å². The zero-order valence-electron chi connectivity index (χ0n) is 9.57. The van der Waals surface area contributed by atoms with E-state index in [9.17, 15) is 0 Å². The quantitative estimate of drug-likeness (QED) is 0.771. The molecule has 0 saturated carbocycles. The Morgan fingerprint density at radius 3 is 2.94 bits per heavy atom. The minimum absolute atomic E-state index is 0.738. The molecule has 0 radical (unpaired) electrons. The van der Waals surface area contributed by atoms with Crippen LogP contribution < -0.4 is 11.1 Å². The Hall–Kier alpha value is -1.97. The zero-order chi connectivity index (χ0) is 11.5. The highest BCUT2D eigenvalue weighted by molar-refractivity contribution is 5.66. The van der Waals surface area contributed by atoms with E-state index in [1.165, 1.54) is 5.56 Å². The third kappa shape index (κ3) is 2.34. The van der Waals surface area contributed by atoms with Gasteiger partial charge in [-0.3, -0.25) is 4.68 Å². The van der Waals surface area contributed by atoms with Gasteiger partial charge in [0.05, 0.1) is 17.6 Å². The summed E-state index contributed by atoms with van der Waals surface area (Å²) < 4.78 is 1.79. The van der Waals surface area contributed by atoms with E-state index >= 15 is 0 Å². The summed E-state index contributed by atoms with van der Waals surface area (Å²) in [6, 6.07) is 5.97. The van der Waals surface area contributed by atoms with Gasteiger partial charge in [-0.2, -0.15) is 5.10 Å². The third-order valence-corrected chi connectivity index (χ3v) is 2.45. The topological polar surface area (TPSA) is 55.9 Å².